The molecule has 2 rings (SSSR count). The van der Waals surface area contributed by atoms with Gasteiger partial charge in [0.15, 0.2) is 10.8 Å². The molecule has 0 bridgehead atoms. The Hall–Kier alpha value is -1.36. The van der Waals surface area contributed by atoms with E-state index >= 15 is 0 Å². The molecular weight excluding hydrogens is 228 g/mol. The van der Waals surface area contributed by atoms with Gasteiger partial charge in [-0.15, -0.1) is 10.2 Å². The molecule has 0 saturated carbocycles. The minimum Gasteiger partial charge on any atom is -0.304 e. The molecule has 0 aliphatic carbocycles. The Balaban J connectivity index is 2.69. The molecule has 1 N–H and O–H groups in total. The average Bonchev–Trinajstić information content (AvgIpc) is 2.57. The van der Waals surface area contributed by atoms with E-state index in [4.69, 9.17) is 11.6 Å². The predicted molar refractivity (Wildman–Crippen MR) is 62.8 cm³/mol. The van der Waals surface area contributed by atoms with Crippen LogP contribution in [0.25, 0.3) is 11.2 Å². The third kappa shape index (κ3) is 1.71. The van der Waals surface area contributed by atoms with Crippen LogP contribution in [0.2, 0.25) is 5.15 Å². The summed E-state index contributed by atoms with van der Waals surface area (Å²) in [6.45, 7) is 4.09. The van der Waals surface area contributed by atoms with Crippen LogP contribution in [-0.4, -0.2) is 19.7 Å². The van der Waals surface area contributed by atoms with Crippen molar-refractivity contribution in [1.29, 1.82) is 0 Å². The maximum Gasteiger partial charge on any atom is 0.327 e. The van der Waals surface area contributed by atoms with Gasteiger partial charge in [0.25, 0.3) is 0 Å². The molecule has 86 valence electrons. The van der Waals surface area contributed by atoms with E-state index in [0.29, 0.717) is 11.2 Å². The first-order chi connectivity index (χ1) is 7.67. The van der Waals surface area contributed by atoms with E-state index < -0.39 is 0 Å². The molecule has 16 heavy (non-hydrogen) atoms. The van der Waals surface area contributed by atoms with E-state index in [1.54, 1.807) is 10.6 Å². The molecule has 0 unspecified atom stereocenters. The molecule has 0 aliphatic rings. The van der Waals surface area contributed by atoms with Crippen LogP contribution in [0.1, 0.15) is 32.7 Å². The highest BCUT2D eigenvalue weighted by atomic mass is 35.5. The highest BCUT2D eigenvalue weighted by Gasteiger charge is 2.15. The molecule has 0 fully saturated rings. The van der Waals surface area contributed by atoms with Crippen molar-refractivity contribution >= 4 is 22.8 Å². The summed E-state index contributed by atoms with van der Waals surface area (Å²) < 4.78 is 1.65. The molecule has 5 nitrogen and oxygen atoms in total. The van der Waals surface area contributed by atoms with Gasteiger partial charge in [0, 0.05) is 12.1 Å². The van der Waals surface area contributed by atoms with E-state index in [-0.39, 0.29) is 16.9 Å². The summed E-state index contributed by atoms with van der Waals surface area (Å²) >= 11 is 5.72. The van der Waals surface area contributed by atoms with Gasteiger partial charge in [-0.05, 0) is 12.8 Å². The fourth-order valence-corrected chi connectivity index (χ4v) is 2.04. The molecule has 0 spiro atoms. The third-order valence-electron chi connectivity index (χ3n) is 2.74. The van der Waals surface area contributed by atoms with E-state index in [0.717, 1.165) is 12.8 Å². The summed E-state index contributed by atoms with van der Waals surface area (Å²) in [5.74, 6) is 0. The molecule has 2 heterocycles. The predicted octanol–water partition coefficient (Wildman–Crippen LogP) is 2.13. The lowest BCUT2D eigenvalue weighted by Gasteiger charge is -2.12. The lowest BCUT2D eigenvalue weighted by molar-refractivity contribution is 0.468. The number of fused-ring (bicyclic) bond motifs is 1. The standard InChI is InChI=1S/C10H13ClN4O/c1-3-6(4-2)15-9-7(12-10(15)16)5-8(11)13-14-9/h5-6H,3-4H2,1-2H3,(H,12,16). The van der Waals surface area contributed by atoms with Gasteiger partial charge in [-0.25, -0.2) is 4.79 Å². The molecule has 0 radical (unpaired) electrons. The molecular formula is C10H13ClN4O. The van der Waals surface area contributed by atoms with Crippen molar-refractivity contribution in [2.45, 2.75) is 32.7 Å². The first-order valence-electron chi connectivity index (χ1n) is 5.30. The van der Waals surface area contributed by atoms with Gasteiger partial charge in [0.2, 0.25) is 0 Å². The lowest BCUT2D eigenvalue weighted by atomic mass is 10.2. The van der Waals surface area contributed by atoms with E-state index in [2.05, 4.69) is 15.2 Å². The van der Waals surface area contributed by atoms with Gasteiger partial charge < -0.3 is 4.98 Å². The minimum absolute atomic E-state index is 0.150. The van der Waals surface area contributed by atoms with Gasteiger partial charge in [-0.2, -0.15) is 0 Å². The van der Waals surface area contributed by atoms with Crippen LogP contribution < -0.4 is 5.69 Å². The number of imidazole rings is 1. The van der Waals surface area contributed by atoms with Crippen molar-refractivity contribution in [1.82, 2.24) is 19.7 Å². The maximum atomic E-state index is 11.8. The lowest BCUT2D eigenvalue weighted by Crippen LogP contribution is -2.21. The molecule has 2 aromatic rings. The average molecular weight is 241 g/mol. The molecule has 2 aromatic heterocycles. The Bertz CT molecular complexity index is 555. The summed E-state index contributed by atoms with van der Waals surface area (Å²) in [6.07, 6.45) is 1.77. The van der Waals surface area contributed by atoms with Crippen LogP contribution in [-0.2, 0) is 0 Å². The molecule has 6 heteroatoms. The van der Waals surface area contributed by atoms with Crippen molar-refractivity contribution in [3.05, 3.63) is 21.7 Å². The summed E-state index contributed by atoms with van der Waals surface area (Å²) in [5.41, 5.74) is 1.06. The van der Waals surface area contributed by atoms with Crippen LogP contribution in [0.4, 0.5) is 0 Å². The van der Waals surface area contributed by atoms with Gasteiger partial charge in [0.1, 0.15) is 0 Å². The quantitative estimate of drug-likeness (QED) is 0.894. The zero-order valence-corrected chi connectivity index (χ0v) is 9.95. The monoisotopic (exact) mass is 240 g/mol. The number of aromatic amines is 1. The van der Waals surface area contributed by atoms with Crippen LogP contribution in [0.3, 0.4) is 0 Å². The molecule has 0 saturated heterocycles. The first kappa shape index (κ1) is 11.1. The number of nitrogens with one attached hydrogen (secondary N) is 1. The second-order valence-electron chi connectivity index (χ2n) is 3.67. The smallest absolute Gasteiger partial charge is 0.304 e. The first-order valence-corrected chi connectivity index (χ1v) is 5.68. The van der Waals surface area contributed by atoms with Crippen molar-refractivity contribution in [3.8, 4) is 0 Å². The Morgan fingerprint density at radius 3 is 2.75 bits per heavy atom. The zero-order valence-electron chi connectivity index (χ0n) is 9.20. The Morgan fingerprint density at radius 1 is 1.44 bits per heavy atom. The second-order valence-corrected chi connectivity index (χ2v) is 4.06. The van der Waals surface area contributed by atoms with E-state index in [9.17, 15) is 4.79 Å². The second kappa shape index (κ2) is 4.25. The van der Waals surface area contributed by atoms with Gasteiger partial charge in [-0.3, -0.25) is 4.57 Å². The summed E-state index contributed by atoms with van der Waals surface area (Å²) in [6, 6.07) is 1.76. The largest absolute Gasteiger partial charge is 0.327 e. The van der Waals surface area contributed by atoms with E-state index in [1.165, 1.54) is 0 Å². The van der Waals surface area contributed by atoms with Gasteiger partial charge >= 0.3 is 5.69 Å². The summed E-state index contributed by atoms with van der Waals surface area (Å²) in [4.78, 5) is 14.5. The minimum atomic E-state index is -0.153. The topological polar surface area (TPSA) is 63.6 Å². The third-order valence-corrected chi connectivity index (χ3v) is 2.93. The highest BCUT2D eigenvalue weighted by molar-refractivity contribution is 6.29. The van der Waals surface area contributed by atoms with Crippen LogP contribution in [0.5, 0.6) is 0 Å². The van der Waals surface area contributed by atoms with Crippen LogP contribution in [0, 0.1) is 0 Å². The number of H-pyrrole nitrogens is 1. The molecule has 0 aliphatic heterocycles. The normalized spacial score (nSPS) is 11.5. The van der Waals surface area contributed by atoms with Crippen molar-refractivity contribution in [2.24, 2.45) is 0 Å². The van der Waals surface area contributed by atoms with Crippen molar-refractivity contribution in [3.63, 3.8) is 0 Å². The van der Waals surface area contributed by atoms with Crippen molar-refractivity contribution in [2.75, 3.05) is 0 Å². The van der Waals surface area contributed by atoms with Crippen LogP contribution in [0.15, 0.2) is 10.9 Å². The number of hydrogen-bond donors (Lipinski definition) is 1. The molecule has 0 atom stereocenters. The number of rotatable bonds is 3. The number of aromatic nitrogens is 4. The Kier molecular flexibility index (Phi) is 2.96. The maximum absolute atomic E-state index is 11.8. The van der Waals surface area contributed by atoms with Crippen molar-refractivity contribution < 1.29 is 0 Å². The fraction of sp³-hybridized carbons (Fsp3) is 0.500. The molecule has 0 amide bonds. The fourth-order valence-electron chi connectivity index (χ4n) is 1.90. The molecule has 0 aromatic carbocycles. The summed E-state index contributed by atoms with van der Waals surface area (Å²) in [7, 11) is 0. The number of nitrogens with zero attached hydrogens (tertiary/aromatic N) is 3. The van der Waals surface area contributed by atoms with Gasteiger partial charge in [-0.1, -0.05) is 25.4 Å². The van der Waals surface area contributed by atoms with Gasteiger partial charge in [0.05, 0.1) is 5.52 Å². The van der Waals surface area contributed by atoms with Crippen LogP contribution >= 0.6 is 11.6 Å². The number of hydrogen-bond acceptors (Lipinski definition) is 3. The Morgan fingerprint density at radius 2 is 2.12 bits per heavy atom. The van der Waals surface area contributed by atoms with E-state index in [1.807, 2.05) is 13.8 Å². The zero-order chi connectivity index (χ0) is 11.7. The Labute approximate surface area is 97.4 Å². The SMILES string of the molecule is CCC(CC)n1c(=O)[nH]c2cc(Cl)nnc21. The highest BCUT2D eigenvalue weighted by Crippen LogP contribution is 2.19. The number of halogens is 1. The summed E-state index contributed by atoms with van der Waals surface area (Å²) in [5, 5.41) is 8.02.